The standard InChI is InChI=1S/C27H27F3N2O6/c1-14(2)23(33)32(17-12-10-16(11-13-17)27(28,29)30)25(35)21-22(38-26(36)15(3)4)20-18(31(5)24(21)34)8-7-9-19(20)37-6/h7-15H,1-6H3. The molecule has 3 rings (SSSR count). The van der Waals surface area contributed by atoms with Crippen LogP contribution in [0.2, 0.25) is 0 Å². The van der Waals surface area contributed by atoms with Crippen LogP contribution in [-0.2, 0) is 22.8 Å². The van der Waals surface area contributed by atoms with Crippen molar-refractivity contribution >= 4 is 34.4 Å². The second-order valence-corrected chi connectivity index (χ2v) is 9.18. The van der Waals surface area contributed by atoms with Gasteiger partial charge < -0.3 is 14.0 Å². The summed E-state index contributed by atoms with van der Waals surface area (Å²) >= 11 is 0. The molecule has 0 aliphatic rings. The Labute approximate surface area is 216 Å². The minimum Gasteiger partial charge on any atom is -0.496 e. The third-order valence-corrected chi connectivity index (χ3v) is 5.82. The number of carbonyl (C=O) groups excluding carboxylic acids is 3. The molecule has 0 spiro atoms. The van der Waals surface area contributed by atoms with Crippen LogP contribution in [0.4, 0.5) is 18.9 Å². The Hall–Kier alpha value is -4.15. The smallest absolute Gasteiger partial charge is 0.416 e. The van der Waals surface area contributed by atoms with Crippen LogP contribution in [0.25, 0.3) is 10.9 Å². The molecule has 0 unspecified atom stereocenters. The first-order chi connectivity index (χ1) is 17.7. The molecule has 8 nitrogen and oxygen atoms in total. The molecule has 2 amide bonds. The van der Waals surface area contributed by atoms with Crippen molar-refractivity contribution in [1.82, 2.24) is 4.57 Å². The number of imide groups is 1. The van der Waals surface area contributed by atoms with Crippen molar-refractivity contribution in [2.24, 2.45) is 18.9 Å². The van der Waals surface area contributed by atoms with E-state index < -0.39 is 58.2 Å². The Morgan fingerprint density at radius 2 is 1.55 bits per heavy atom. The summed E-state index contributed by atoms with van der Waals surface area (Å²) in [5, 5.41) is 0.138. The first-order valence-corrected chi connectivity index (χ1v) is 11.7. The number of aromatic nitrogens is 1. The van der Waals surface area contributed by atoms with E-state index in [1.807, 2.05) is 0 Å². The molecule has 1 heterocycles. The number of hydrogen-bond donors (Lipinski definition) is 0. The topological polar surface area (TPSA) is 94.9 Å². The molecule has 0 fully saturated rings. The van der Waals surface area contributed by atoms with Gasteiger partial charge in [0.15, 0.2) is 5.75 Å². The molecule has 0 atom stereocenters. The Balaban J connectivity index is 2.37. The third-order valence-electron chi connectivity index (χ3n) is 5.82. The molecule has 202 valence electrons. The highest BCUT2D eigenvalue weighted by atomic mass is 19.4. The van der Waals surface area contributed by atoms with Gasteiger partial charge in [-0.15, -0.1) is 0 Å². The molecule has 0 aliphatic carbocycles. The van der Waals surface area contributed by atoms with Crippen LogP contribution in [0.5, 0.6) is 11.5 Å². The molecule has 0 aliphatic heterocycles. The highest BCUT2D eigenvalue weighted by molar-refractivity contribution is 6.23. The van der Waals surface area contributed by atoms with Gasteiger partial charge in [-0.1, -0.05) is 33.8 Å². The summed E-state index contributed by atoms with van der Waals surface area (Å²) in [5.41, 5.74) is -2.41. The molecular formula is C27H27F3N2O6. The predicted molar refractivity (Wildman–Crippen MR) is 134 cm³/mol. The van der Waals surface area contributed by atoms with Crippen molar-refractivity contribution in [3.05, 3.63) is 63.9 Å². The van der Waals surface area contributed by atoms with Gasteiger partial charge in [-0.3, -0.25) is 19.2 Å². The summed E-state index contributed by atoms with van der Waals surface area (Å²) in [4.78, 5) is 54.0. The van der Waals surface area contributed by atoms with Gasteiger partial charge in [0, 0.05) is 13.0 Å². The number of halogens is 3. The summed E-state index contributed by atoms with van der Waals surface area (Å²) in [6.07, 6.45) is -4.64. The molecule has 38 heavy (non-hydrogen) atoms. The molecule has 2 aromatic carbocycles. The number of pyridine rings is 1. The van der Waals surface area contributed by atoms with Crippen LogP contribution in [0.3, 0.4) is 0 Å². The number of nitrogens with zero attached hydrogens (tertiary/aromatic N) is 2. The first kappa shape index (κ1) is 28.4. The quantitative estimate of drug-likeness (QED) is 0.417. The second-order valence-electron chi connectivity index (χ2n) is 9.18. The fourth-order valence-electron chi connectivity index (χ4n) is 3.72. The summed E-state index contributed by atoms with van der Waals surface area (Å²) in [7, 11) is 2.74. The van der Waals surface area contributed by atoms with Crippen LogP contribution in [0, 0.1) is 11.8 Å². The third kappa shape index (κ3) is 5.27. The average molecular weight is 533 g/mol. The molecule has 0 radical (unpaired) electrons. The second kappa shape index (κ2) is 10.7. The van der Waals surface area contributed by atoms with Crippen molar-refractivity contribution in [2.75, 3.05) is 12.0 Å². The zero-order chi connectivity index (χ0) is 28.5. The minimum absolute atomic E-state index is 0.138. The van der Waals surface area contributed by atoms with Crippen LogP contribution in [0.1, 0.15) is 43.6 Å². The monoisotopic (exact) mass is 532 g/mol. The maximum atomic E-state index is 14.0. The van der Waals surface area contributed by atoms with Crippen LogP contribution in [-0.4, -0.2) is 29.5 Å². The Kier molecular flexibility index (Phi) is 7.99. The number of fused-ring (bicyclic) bond motifs is 1. The molecule has 3 aromatic rings. The normalized spacial score (nSPS) is 11.7. The van der Waals surface area contributed by atoms with E-state index in [0.29, 0.717) is 4.90 Å². The maximum absolute atomic E-state index is 14.0. The van der Waals surface area contributed by atoms with Gasteiger partial charge in [0.25, 0.3) is 11.5 Å². The van der Waals surface area contributed by atoms with Crippen molar-refractivity contribution < 1.29 is 37.0 Å². The zero-order valence-electron chi connectivity index (χ0n) is 21.7. The van der Waals surface area contributed by atoms with Gasteiger partial charge in [-0.05, 0) is 36.4 Å². The predicted octanol–water partition coefficient (Wildman–Crippen LogP) is 4.96. The Morgan fingerprint density at radius 3 is 2.05 bits per heavy atom. The van der Waals surface area contributed by atoms with Crippen molar-refractivity contribution in [3.8, 4) is 11.5 Å². The lowest BCUT2D eigenvalue weighted by Gasteiger charge is -2.25. The number of ether oxygens (including phenoxy) is 2. The maximum Gasteiger partial charge on any atom is 0.416 e. The van der Waals surface area contributed by atoms with Gasteiger partial charge in [0.05, 0.1) is 35.2 Å². The van der Waals surface area contributed by atoms with Crippen molar-refractivity contribution in [2.45, 2.75) is 33.9 Å². The SMILES string of the molecule is COc1cccc2c1c(OC(=O)C(C)C)c(C(=O)N(C(=O)C(C)C)c1ccc(C(F)(F)F)cc1)c(=O)n2C. The van der Waals surface area contributed by atoms with E-state index >= 15 is 0 Å². The van der Waals surface area contributed by atoms with E-state index in [-0.39, 0.29) is 22.3 Å². The fraction of sp³-hybridized carbons (Fsp3) is 0.333. The summed E-state index contributed by atoms with van der Waals surface area (Å²) < 4.78 is 51.5. The van der Waals surface area contributed by atoms with E-state index in [1.165, 1.54) is 28.0 Å². The fourth-order valence-corrected chi connectivity index (χ4v) is 3.72. The largest absolute Gasteiger partial charge is 0.496 e. The van der Waals surface area contributed by atoms with Crippen LogP contribution < -0.4 is 19.9 Å². The zero-order valence-corrected chi connectivity index (χ0v) is 21.7. The van der Waals surface area contributed by atoms with Gasteiger partial charge in [-0.2, -0.15) is 13.2 Å². The van der Waals surface area contributed by atoms with E-state index in [2.05, 4.69) is 0 Å². The highest BCUT2D eigenvalue weighted by Gasteiger charge is 2.35. The number of rotatable bonds is 6. The number of carbonyl (C=O) groups is 3. The lowest BCUT2D eigenvalue weighted by Crippen LogP contribution is -2.43. The number of anilines is 1. The number of hydrogen-bond acceptors (Lipinski definition) is 6. The summed E-state index contributed by atoms with van der Waals surface area (Å²) in [6.45, 7) is 6.10. The van der Waals surface area contributed by atoms with E-state index in [9.17, 15) is 32.3 Å². The van der Waals surface area contributed by atoms with Gasteiger partial charge in [0.2, 0.25) is 5.91 Å². The molecule has 0 bridgehead atoms. The van der Waals surface area contributed by atoms with Crippen LogP contribution >= 0.6 is 0 Å². The number of alkyl halides is 3. The molecular weight excluding hydrogens is 505 g/mol. The Bertz CT molecular complexity index is 1460. The molecule has 0 saturated carbocycles. The van der Waals surface area contributed by atoms with E-state index in [4.69, 9.17) is 9.47 Å². The number of methoxy groups -OCH3 is 1. The summed E-state index contributed by atoms with van der Waals surface area (Å²) in [6, 6.07) is 8.09. The average Bonchev–Trinajstić information content (AvgIpc) is 2.86. The Morgan fingerprint density at radius 1 is 0.947 bits per heavy atom. The molecule has 1 aromatic heterocycles. The van der Waals surface area contributed by atoms with E-state index in [0.717, 1.165) is 28.8 Å². The van der Waals surface area contributed by atoms with Gasteiger partial charge >= 0.3 is 12.1 Å². The van der Waals surface area contributed by atoms with E-state index in [1.54, 1.807) is 32.0 Å². The lowest BCUT2D eigenvalue weighted by molar-refractivity contribution is -0.138. The molecule has 11 heteroatoms. The van der Waals surface area contributed by atoms with Crippen molar-refractivity contribution in [3.63, 3.8) is 0 Å². The lowest BCUT2D eigenvalue weighted by atomic mass is 10.1. The molecule has 0 N–H and O–H groups in total. The van der Waals surface area contributed by atoms with Gasteiger partial charge in [0.1, 0.15) is 11.3 Å². The number of benzene rings is 2. The van der Waals surface area contributed by atoms with Gasteiger partial charge in [-0.25, -0.2) is 4.90 Å². The number of esters is 1. The molecule has 0 saturated heterocycles. The first-order valence-electron chi connectivity index (χ1n) is 11.7. The van der Waals surface area contributed by atoms with Crippen molar-refractivity contribution in [1.29, 1.82) is 0 Å². The van der Waals surface area contributed by atoms with Crippen LogP contribution in [0.15, 0.2) is 47.3 Å². The number of amides is 2. The number of aryl methyl sites for hydroxylation is 1. The summed E-state index contributed by atoms with van der Waals surface area (Å²) in [5.74, 6) is -4.33. The minimum atomic E-state index is -4.64. The highest BCUT2D eigenvalue weighted by Crippen LogP contribution is 2.37.